The van der Waals surface area contributed by atoms with Crippen molar-refractivity contribution in [3.63, 3.8) is 0 Å². The van der Waals surface area contributed by atoms with Crippen molar-refractivity contribution in [1.29, 1.82) is 0 Å². The Balaban J connectivity index is 1.56. The van der Waals surface area contributed by atoms with E-state index in [0.29, 0.717) is 11.3 Å². The van der Waals surface area contributed by atoms with Crippen molar-refractivity contribution in [1.82, 2.24) is 4.98 Å². The van der Waals surface area contributed by atoms with E-state index in [-0.39, 0.29) is 33.5 Å². The summed E-state index contributed by atoms with van der Waals surface area (Å²) in [6, 6.07) is 11.0. The summed E-state index contributed by atoms with van der Waals surface area (Å²) in [5.41, 5.74) is 8.41. The quantitative estimate of drug-likeness (QED) is 0.441. The van der Waals surface area contributed by atoms with Crippen LogP contribution in [0.1, 0.15) is 41.6 Å². The Kier molecular flexibility index (Phi) is 6.96. The minimum absolute atomic E-state index is 0.00425. The predicted octanol–water partition coefficient (Wildman–Crippen LogP) is 4.72. The van der Waals surface area contributed by atoms with Gasteiger partial charge in [0.05, 0.1) is 5.57 Å². The molecule has 0 aliphatic carbocycles. The molecule has 0 radical (unpaired) electrons. The Labute approximate surface area is 212 Å². The zero-order chi connectivity index (χ0) is 26.1. The molecule has 4 N–H and O–H groups in total. The van der Waals surface area contributed by atoms with E-state index in [2.05, 4.69) is 10.3 Å². The SMILES string of the molecule is CCc1ccc2c(c1)C(O)C(C(=O)Nc1ccc(Oc3ccnc(C(N)=O)c3Cl)c(F)c1)=C(C)N2C. The number of hydrogen-bond acceptors (Lipinski definition) is 6. The second-order valence-electron chi connectivity index (χ2n) is 8.24. The Morgan fingerprint density at radius 2 is 1.97 bits per heavy atom. The van der Waals surface area contributed by atoms with Gasteiger partial charge in [0, 0.05) is 48.0 Å². The van der Waals surface area contributed by atoms with Crippen LogP contribution >= 0.6 is 11.6 Å². The number of fused-ring (bicyclic) bond motifs is 1. The second-order valence-corrected chi connectivity index (χ2v) is 8.62. The zero-order valence-corrected chi connectivity index (χ0v) is 20.6. The molecule has 1 atom stereocenters. The van der Waals surface area contributed by atoms with Crippen molar-refractivity contribution in [2.24, 2.45) is 5.73 Å². The first-order chi connectivity index (χ1) is 17.1. The number of carbonyl (C=O) groups excluding carboxylic acids is 2. The number of rotatable bonds is 6. The van der Waals surface area contributed by atoms with Crippen molar-refractivity contribution >= 4 is 34.8 Å². The Hall–Kier alpha value is -3.95. The highest BCUT2D eigenvalue weighted by Gasteiger charge is 2.32. The number of nitrogens with zero attached hydrogens (tertiary/aromatic N) is 2. The molecule has 1 aliphatic rings. The lowest BCUT2D eigenvalue weighted by Gasteiger charge is -2.34. The van der Waals surface area contributed by atoms with Crippen LogP contribution in [0.3, 0.4) is 0 Å². The van der Waals surface area contributed by atoms with E-state index in [0.717, 1.165) is 23.7 Å². The number of primary amides is 1. The standard InChI is InChI=1S/C26H24ClFN4O4/c1-4-14-5-7-18-16(11-14)24(33)21(13(2)32(18)3)26(35)31-15-6-8-19(17(28)12-15)36-20-9-10-30-23(22(20)27)25(29)34/h5-12,24,33H,4H2,1-3H3,(H2,29,34)(H,31,35). The van der Waals surface area contributed by atoms with Gasteiger partial charge in [-0.3, -0.25) is 9.59 Å². The number of aromatic nitrogens is 1. The molecule has 186 valence electrons. The molecule has 2 amide bonds. The van der Waals surface area contributed by atoms with Gasteiger partial charge in [-0.15, -0.1) is 0 Å². The number of benzene rings is 2. The van der Waals surface area contributed by atoms with E-state index in [4.69, 9.17) is 22.1 Å². The summed E-state index contributed by atoms with van der Waals surface area (Å²) >= 11 is 6.09. The molecule has 1 unspecified atom stereocenters. The molecule has 1 aromatic heterocycles. The first-order valence-corrected chi connectivity index (χ1v) is 11.5. The van der Waals surface area contributed by atoms with Crippen molar-refractivity contribution < 1.29 is 23.8 Å². The number of halogens is 2. The van der Waals surface area contributed by atoms with E-state index >= 15 is 0 Å². The number of hydrogen-bond donors (Lipinski definition) is 3. The predicted molar refractivity (Wildman–Crippen MR) is 135 cm³/mol. The third-order valence-electron chi connectivity index (χ3n) is 6.06. The Morgan fingerprint density at radius 3 is 2.64 bits per heavy atom. The summed E-state index contributed by atoms with van der Waals surface area (Å²) in [4.78, 5) is 30.2. The summed E-state index contributed by atoms with van der Waals surface area (Å²) in [6.45, 7) is 3.75. The van der Waals surface area contributed by atoms with E-state index in [1.165, 1.54) is 24.4 Å². The maximum absolute atomic E-state index is 14.8. The van der Waals surface area contributed by atoms with Crippen molar-refractivity contribution in [2.75, 3.05) is 17.3 Å². The number of anilines is 2. The van der Waals surface area contributed by atoms with Crippen LogP contribution in [-0.4, -0.2) is 29.0 Å². The molecule has 3 aromatic rings. The number of amides is 2. The second kappa shape index (κ2) is 9.96. The number of aliphatic hydroxyl groups excluding tert-OH is 1. The molecule has 1 aliphatic heterocycles. The average molecular weight is 511 g/mol. The smallest absolute Gasteiger partial charge is 0.268 e. The third kappa shape index (κ3) is 4.62. The van der Waals surface area contributed by atoms with Crippen molar-refractivity contribution in [3.8, 4) is 11.5 Å². The van der Waals surface area contributed by atoms with Gasteiger partial charge in [-0.1, -0.05) is 30.7 Å². The summed E-state index contributed by atoms with van der Waals surface area (Å²) in [6.07, 6.45) is 0.914. The molecule has 36 heavy (non-hydrogen) atoms. The maximum Gasteiger partial charge on any atom is 0.268 e. The largest absolute Gasteiger partial charge is 0.453 e. The first kappa shape index (κ1) is 25.2. The lowest BCUT2D eigenvalue weighted by molar-refractivity contribution is -0.114. The zero-order valence-electron chi connectivity index (χ0n) is 19.8. The summed E-state index contributed by atoms with van der Waals surface area (Å²) in [7, 11) is 1.82. The number of aryl methyl sites for hydroxylation is 1. The van der Waals surface area contributed by atoms with Crippen LogP contribution in [0.4, 0.5) is 15.8 Å². The topological polar surface area (TPSA) is 118 Å². The van der Waals surface area contributed by atoms with E-state index in [1.54, 1.807) is 6.92 Å². The van der Waals surface area contributed by atoms with Gasteiger partial charge in [-0.2, -0.15) is 0 Å². The molecule has 0 spiro atoms. The molecular formula is C26H24ClFN4O4. The number of pyridine rings is 1. The maximum atomic E-state index is 14.8. The third-order valence-corrected chi connectivity index (χ3v) is 6.43. The summed E-state index contributed by atoms with van der Waals surface area (Å²) < 4.78 is 20.3. The fraction of sp³-hybridized carbons (Fsp3) is 0.192. The molecule has 0 bridgehead atoms. The normalized spacial score (nSPS) is 14.9. The Bertz CT molecular complexity index is 1410. The van der Waals surface area contributed by atoms with Gasteiger partial charge in [0.1, 0.15) is 22.6 Å². The van der Waals surface area contributed by atoms with Gasteiger partial charge in [-0.25, -0.2) is 9.37 Å². The van der Waals surface area contributed by atoms with Crippen LogP contribution in [-0.2, 0) is 11.2 Å². The average Bonchev–Trinajstić information content (AvgIpc) is 2.85. The number of allylic oxidation sites excluding steroid dienone is 1. The van der Waals surface area contributed by atoms with Crippen LogP contribution < -0.4 is 20.7 Å². The van der Waals surface area contributed by atoms with Crippen LogP contribution in [0.25, 0.3) is 0 Å². The molecule has 2 heterocycles. The lowest BCUT2D eigenvalue weighted by atomic mass is 9.91. The van der Waals surface area contributed by atoms with Crippen molar-refractivity contribution in [3.05, 3.63) is 87.6 Å². The molecular weight excluding hydrogens is 487 g/mol. The molecule has 10 heteroatoms. The van der Waals surface area contributed by atoms with E-state index < -0.39 is 23.7 Å². The van der Waals surface area contributed by atoms with Gasteiger partial charge in [-0.05, 0) is 37.1 Å². The van der Waals surface area contributed by atoms with E-state index in [1.807, 2.05) is 37.1 Å². The molecule has 0 fully saturated rings. The molecule has 8 nitrogen and oxygen atoms in total. The van der Waals surface area contributed by atoms with Gasteiger partial charge in [0.15, 0.2) is 11.6 Å². The first-order valence-electron chi connectivity index (χ1n) is 11.1. The molecule has 4 rings (SSSR count). The van der Waals surface area contributed by atoms with E-state index in [9.17, 15) is 19.1 Å². The van der Waals surface area contributed by atoms with Crippen LogP contribution in [0.2, 0.25) is 5.02 Å². The highest BCUT2D eigenvalue weighted by molar-refractivity contribution is 6.34. The van der Waals surface area contributed by atoms with Crippen molar-refractivity contribution in [2.45, 2.75) is 26.4 Å². The number of aliphatic hydroxyl groups is 1. The fourth-order valence-corrected chi connectivity index (χ4v) is 4.25. The van der Waals surface area contributed by atoms with Crippen LogP contribution in [0, 0.1) is 5.82 Å². The van der Waals surface area contributed by atoms with Crippen LogP contribution in [0.15, 0.2) is 59.9 Å². The number of carbonyl (C=O) groups is 2. The number of nitrogens with two attached hydrogens (primary N) is 1. The summed E-state index contributed by atoms with van der Waals surface area (Å²) in [5, 5.41) is 13.5. The minimum atomic E-state index is -1.14. The van der Waals surface area contributed by atoms with Gasteiger partial charge in [0.25, 0.3) is 11.8 Å². The van der Waals surface area contributed by atoms with Gasteiger partial charge in [0.2, 0.25) is 0 Å². The number of ether oxygens (including phenoxy) is 1. The fourth-order valence-electron chi connectivity index (χ4n) is 4.01. The summed E-state index contributed by atoms with van der Waals surface area (Å²) in [5.74, 6) is -2.39. The molecule has 2 aromatic carbocycles. The number of nitrogens with one attached hydrogen (secondary N) is 1. The monoisotopic (exact) mass is 510 g/mol. The molecule has 0 saturated heterocycles. The van der Waals surface area contributed by atoms with Gasteiger partial charge >= 0.3 is 0 Å². The highest BCUT2D eigenvalue weighted by Crippen LogP contribution is 2.40. The van der Waals surface area contributed by atoms with Crippen LogP contribution in [0.5, 0.6) is 11.5 Å². The Morgan fingerprint density at radius 1 is 1.22 bits per heavy atom. The van der Waals surface area contributed by atoms with Gasteiger partial charge < -0.3 is 25.8 Å². The molecule has 0 saturated carbocycles. The highest BCUT2D eigenvalue weighted by atomic mass is 35.5. The minimum Gasteiger partial charge on any atom is -0.453 e. The lowest BCUT2D eigenvalue weighted by Crippen LogP contribution is -2.31.